The molecule has 0 aromatic heterocycles. The van der Waals surface area contributed by atoms with Gasteiger partial charge < -0.3 is 15.0 Å². The molecule has 4 nitrogen and oxygen atoms in total. The number of nitrogens with zero attached hydrogens (tertiary/aromatic N) is 1. The first-order chi connectivity index (χ1) is 12.5. The molecule has 1 spiro atoms. The van der Waals surface area contributed by atoms with Crippen molar-refractivity contribution in [3.63, 3.8) is 0 Å². The van der Waals surface area contributed by atoms with Crippen LogP contribution in [0, 0.1) is 13.8 Å². The van der Waals surface area contributed by atoms with Gasteiger partial charge in [0.05, 0.1) is 5.69 Å². The lowest BCUT2D eigenvalue weighted by Crippen LogP contribution is -2.60. The van der Waals surface area contributed by atoms with E-state index in [0.717, 1.165) is 27.9 Å². The largest absolute Gasteiger partial charge is 0.456 e. The highest BCUT2D eigenvalue weighted by Crippen LogP contribution is 2.47. The van der Waals surface area contributed by atoms with Gasteiger partial charge in [-0.2, -0.15) is 0 Å². The van der Waals surface area contributed by atoms with Crippen molar-refractivity contribution >= 4 is 28.1 Å². The van der Waals surface area contributed by atoms with Gasteiger partial charge in [-0.3, -0.25) is 4.79 Å². The van der Waals surface area contributed by atoms with E-state index < -0.39 is 5.72 Å². The van der Waals surface area contributed by atoms with Crippen LogP contribution >= 0.6 is 0 Å². The highest BCUT2D eigenvalue weighted by molar-refractivity contribution is 6.10. The quantitative estimate of drug-likeness (QED) is 0.665. The molecule has 0 aliphatic carbocycles. The summed E-state index contributed by atoms with van der Waals surface area (Å²) in [5.41, 5.74) is 4.44. The molecule has 4 heteroatoms. The second-order valence-electron chi connectivity index (χ2n) is 7.24. The molecule has 0 saturated carbocycles. The molecule has 26 heavy (non-hydrogen) atoms. The summed E-state index contributed by atoms with van der Waals surface area (Å²) in [5, 5.41) is 5.21. The maximum absolute atomic E-state index is 13.2. The number of amides is 1. The monoisotopic (exact) mass is 344 g/mol. The van der Waals surface area contributed by atoms with Gasteiger partial charge in [-0.15, -0.1) is 0 Å². The fourth-order valence-electron chi connectivity index (χ4n) is 4.19. The Morgan fingerprint density at radius 3 is 2.73 bits per heavy atom. The Bertz CT molecular complexity index is 1090. The lowest BCUT2D eigenvalue weighted by molar-refractivity contribution is -0.131. The van der Waals surface area contributed by atoms with E-state index in [-0.39, 0.29) is 5.91 Å². The Labute approximate surface area is 152 Å². The van der Waals surface area contributed by atoms with Crippen LogP contribution in [0.3, 0.4) is 0 Å². The van der Waals surface area contributed by atoms with Gasteiger partial charge in [-0.25, -0.2) is 0 Å². The van der Waals surface area contributed by atoms with Gasteiger partial charge in [0.2, 0.25) is 0 Å². The zero-order valence-electron chi connectivity index (χ0n) is 15.1. The maximum atomic E-state index is 13.2. The summed E-state index contributed by atoms with van der Waals surface area (Å²) in [4.78, 5) is 15.2. The van der Waals surface area contributed by atoms with E-state index in [4.69, 9.17) is 4.74 Å². The van der Waals surface area contributed by atoms with Crippen LogP contribution in [-0.2, 0) is 11.2 Å². The van der Waals surface area contributed by atoms with E-state index in [1.165, 1.54) is 16.7 Å². The summed E-state index contributed by atoms with van der Waals surface area (Å²) in [7, 11) is 1.94. The van der Waals surface area contributed by atoms with Crippen molar-refractivity contribution in [2.45, 2.75) is 26.0 Å². The Balaban J connectivity index is 1.66. The van der Waals surface area contributed by atoms with Crippen LogP contribution in [0.1, 0.15) is 16.7 Å². The number of benzene rings is 3. The molecule has 3 aromatic carbocycles. The Morgan fingerprint density at radius 1 is 1.08 bits per heavy atom. The molecule has 0 saturated heterocycles. The minimum absolute atomic E-state index is 0.114. The zero-order chi connectivity index (χ0) is 18.1. The summed E-state index contributed by atoms with van der Waals surface area (Å²) >= 11 is 0. The molecule has 1 atom stereocenters. The lowest BCUT2D eigenvalue weighted by atomic mass is 9.97. The van der Waals surface area contributed by atoms with Crippen LogP contribution in [0.4, 0.5) is 11.4 Å². The smallest absolute Gasteiger partial charge is 0.290 e. The first-order valence-electron chi connectivity index (χ1n) is 8.86. The zero-order valence-corrected chi connectivity index (χ0v) is 15.1. The van der Waals surface area contributed by atoms with Gasteiger partial charge in [-0.1, -0.05) is 36.4 Å². The van der Waals surface area contributed by atoms with Gasteiger partial charge in [0.15, 0.2) is 0 Å². The van der Waals surface area contributed by atoms with E-state index in [1.54, 1.807) is 0 Å². The SMILES string of the molecule is Cc1ccc2c(c1C)CC1(Oc3ccc4ccccc4c3NC1=O)N2C. The summed E-state index contributed by atoms with van der Waals surface area (Å²) in [6.45, 7) is 4.22. The maximum Gasteiger partial charge on any atom is 0.290 e. The summed E-state index contributed by atoms with van der Waals surface area (Å²) in [6.07, 6.45) is 0.546. The third-order valence-electron chi connectivity index (χ3n) is 5.93. The molecule has 2 aliphatic heterocycles. The predicted molar refractivity (Wildman–Crippen MR) is 104 cm³/mol. The van der Waals surface area contributed by atoms with Crippen molar-refractivity contribution in [3.8, 4) is 5.75 Å². The molecule has 1 unspecified atom stereocenters. The Morgan fingerprint density at radius 2 is 1.88 bits per heavy atom. The van der Waals surface area contributed by atoms with Gasteiger partial charge in [0.1, 0.15) is 5.75 Å². The van der Waals surface area contributed by atoms with Gasteiger partial charge in [0, 0.05) is 24.5 Å². The van der Waals surface area contributed by atoms with Crippen molar-refractivity contribution in [3.05, 3.63) is 65.2 Å². The summed E-state index contributed by atoms with van der Waals surface area (Å²) in [6, 6.07) is 16.2. The molecule has 3 aromatic rings. The van der Waals surface area contributed by atoms with Gasteiger partial charge >= 0.3 is 0 Å². The minimum atomic E-state index is -1.03. The number of anilines is 2. The number of likely N-dealkylation sites (N-methyl/N-ethyl adjacent to an activating group) is 1. The van der Waals surface area contributed by atoms with Crippen molar-refractivity contribution in [1.82, 2.24) is 0 Å². The van der Waals surface area contributed by atoms with E-state index in [9.17, 15) is 4.79 Å². The van der Waals surface area contributed by atoms with E-state index >= 15 is 0 Å². The normalized spacial score (nSPS) is 20.7. The van der Waals surface area contributed by atoms with Crippen molar-refractivity contribution in [1.29, 1.82) is 0 Å². The van der Waals surface area contributed by atoms with Crippen LogP contribution < -0.4 is 15.0 Å². The van der Waals surface area contributed by atoms with Crippen LogP contribution in [-0.4, -0.2) is 18.7 Å². The number of hydrogen-bond acceptors (Lipinski definition) is 3. The van der Waals surface area contributed by atoms with Crippen LogP contribution in [0.25, 0.3) is 10.8 Å². The number of carbonyl (C=O) groups excluding carboxylic acids is 1. The molecule has 2 aliphatic rings. The van der Waals surface area contributed by atoms with Gasteiger partial charge in [-0.05, 0) is 48.1 Å². The average Bonchev–Trinajstić information content (AvgIpc) is 2.93. The van der Waals surface area contributed by atoms with E-state index in [1.807, 2.05) is 48.3 Å². The van der Waals surface area contributed by atoms with Crippen molar-refractivity contribution in [2.24, 2.45) is 0 Å². The molecule has 1 N–H and O–H groups in total. The molecule has 1 amide bonds. The van der Waals surface area contributed by atoms with Crippen molar-refractivity contribution in [2.75, 3.05) is 17.3 Å². The molecule has 0 radical (unpaired) electrons. The standard InChI is InChI=1S/C22H20N2O2/c1-13-8-10-18-17(14(13)2)12-22(24(18)3)21(25)23-20-16-7-5-4-6-15(16)9-11-19(20)26-22/h4-11H,12H2,1-3H3,(H,23,25). The topological polar surface area (TPSA) is 41.6 Å². The number of fused-ring (bicyclic) bond motifs is 4. The predicted octanol–water partition coefficient (Wildman–Crippen LogP) is 4.18. The molecule has 0 fully saturated rings. The molecule has 0 bridgehead atoms. The lowest BCUT2D eigenvalue weighted by Gasteiger charge is -2.40. The van der Waals surface area contributed by atoms with Crippen LogP contribution in [0.5, 0.6) is 5.75 Å². The van der Waals surface area contributed by atoms with E-state index in [2.05, 4.69) is 31.3 Å². The second-order valence-corrected chi connectivity index (χ2v) is 7.24. The van der Waals surface area contributed by atoms with Crippen LogP contribution in [0.15, 0.2) is 48.5 Å². The fourth-order valence-corrected chi connectivity index (χ4v) is 4.19. The Kier molecular flexibility index (Phi) is 2.94. The number of aryl methyl sites for hydroxylation is 1. The highest BCUT2D eigenvalue weighted by Gasteiger charge is 2.53. The third kappa shape index (κ3) is 1.81. The molecule has 2 heterocycles. The Hall–Kier alpha value is -3.01. The van der Waals surface area contributed by atoms with Crippen LogP contribution in [0.2, 0.25) is 0 Å². The number of ether oxygens (including phenoxy) is 1. The highest BCUT2D eigenvalue weighted by atomic mass is 16.5. The third-order valence-corrected chi connectivity index (χ3v) is 5.93. The molecular formula is C22H20N2O2. The van der Waals surface area contributed by atoms with E-state index in [0.29, 0.717) is 6.42 Å². The second kappa shape index (κ2) is 5.01. The molecule has 130 valence electrons. The summed E-state index contributed by atoms with van der Waals surface area (Å²) in [5.74, 6) is 0.606. The average molecular weight is 344 g/mol. The number of carbonyl (C=O) groups is 1. The van der Waals surface area contributed by atoms with Gasteiger partial charge in [0.25, 0.3) is 11.6 Å². The first-order valence-corrected chi connectivity index (χ1v) is 8.86. The minimum Gasteiger partial charge on any atom is -0.456 e. The summed E-state index contributed by atoms with van der Waals surface area (Å²) < 4.78 is 6.40. The molecular weight excluding hydrogens is 324 g/mol. The fraction of sp³-hybridized carbons (Fsp3) is 0.227. The number of nitrogens with one attached hydrogen (secondary N) is 1. The van der Waals surface area contributed by atoms with Crippen molar-refractivity contribution < 1.29 is 9.53 Å². The first kappa shape index (κ1) is 15.3. The number of rotatable bonds is 0. The molecule has 5 rings (SSSR count). The number of hydrogen-bond donors (Lipinski definition) is 1.